The van der Waals surface area contributed by atoms with Crippen molar-refractivity contribution >= 4 is 11.3 Å². The fraction of sp³-hybridized carbons (Fsp3) is 0.250. The Bertz CT molecular complexity index is 476. The number of ether oxygens (including phenoxy) is 1. The number of aromatic nitrogens is 1. The van der Waals surface area contributed by atoms with E-state index in [1.54, 1.807) is 18.4 Å². The lowest BCUT2D eigenvalue weighted by Gasteiger charge is -2.02. The van der Waals surface area contributed by atoms with Crippen LogP contribution in [0.1, 0.15) is 10.7 Å². The minimum Gasteiger partial charge on any atom is -0.497 e. The van der Waals surface area contributed by atoms with Gasteiger partial charge >= 0.3 is 0 Å². The molecule has 2 aromatic rings. The summed E-state index contributed by atoms with van der Waals surface area (Å²) in [5.74, 6) is 0.829. The van der Waals surface area contributed by atoms with Crippen molar-refractivity contribution in [3.05, 3.63) is 35.0 Å². The maximum absolute atomic E-state index is 9.21. The third-order valence-electron chi connectivity index (χ3n) is 2.31. The number of aliphatic hydroxyl groups is 1. The third-order valence-corrected chi connectivity index (χ3v) is 3.37. The van der Waals surface area contributed by atoms with E-state index in [4.69, 9.17) is 4.74 Å². The van der Waals surface area contributed by atoms with E-state index in [0.717, 1.165) is 26.9 Å². The molecular weight excluding hydrogens is 222 g/mol. The quantitative estimate of drug-likeness (QED) is 0.889. The predicted octanol–water partition coefficient (Wildman–Crippen LogP) is 2.62. The van der Waals surface area contributed by atoms with E-state index < -0.39 is 0 Å². The average Bonchev–Trinajstić information content (AvgIpc) is 2.70. The number of nitrogens with zero attached hydrogens (tertiary/aromatic N) is 1. The zero-order valence-corrected chi connectivity index (χ0v) is 10.0. The van der Waals surface area contributed by atoms with Gasteiger partial charge in [-0.05, 0) is 36.8 Å². The number of aliphatic hydroxyl groups excluding tert-OH is 1. The van der Waals surface area contributed by atoms with Gasteiger partial charge < -0.3 is 9.84 Å². The van der Waals surface area contributed by atoms with Crippen LogP contribution in [0.5, 0.6) is 5.75 Å². The van der Waals surface area contributed by atoms with E-state index in [1.807, 2.05) is 31.2 Å². The Morgan fingerprint density at radius 3 is 2.56 bits per heavy atom. The van der Waals surface area contributed by atoms with Gasteiger partial charge in [-0.3, -0.25) is 0 Å². The molecule has 0 saturated heterocycles. The lowest BCUT2D eigenvalue weighted by Crippen LogP contribution is -1.87. The first-order valence-electron chi connectivity index (χ1n) is 4.96. The largest absolute Gasteiger partial charge is 0.497 e. The number of hydrogen-bond acceptors (Lipinski definition) is 4. The highest BCUT2D eigenvalue weighted by molar-refractivity contribution is 7.15. The first kappa shape index (κ1) is 11.1. The van der Waals surface area contributed by atoms with Crippen LogP contribution in [0.2, 0.25) is 0 Å². The summed E-state index contributed by atoms with van der Waals surface area (Å²) in [5, 5.41) is 10.2. The van der Waals surface area contributed by atoms with Gasteiger partial charge in [0.25, 0.3) is 0 Å². The molecule has 2 rings (SSSR count). The SMILES string of the molecule is COc1ccc(-c2sc(C)nc2CO)cc1. The monoisotopic (exact) mass is 235 g/mol. The smallest absolute Gasteiger partial charge is 0.118 e. The van der Waals surface area contributed by atoms with Crippen molar-refractivity contribution in [1.82, 2.24) is 4.98 Å². The minimum absolute atomic E-state index is 0.0221. The van der Waals surface area contributed by atoms with Crippen molar-refractivity contribution in [1.29, 1.82) is 0 Å². The number of rotatable bonds is 3. The second-order valence-electron chi connectivity index (χ2n) is 3.40. The van der Waals surface area contributed by atoms with E-state index in [1.165, 1.54) is 0 Å². The number of aryl methyl sites for hydroxylation is 1. The Morgan fingerprint density at radius 1 is 1.31 bits per heavy atom. The molecule has 16 heavy (non-hydrogen) atoms. The van der Waals surface area contributed by atoms with Crippen molar-refractivity contribution in [3.63, 3.8) is 0 Å². The first-order valence-corrected chi connectivity index (χ1v) is 5.78. The summed E-state index contributed by atoms with van der Waals surface area (Å²) in [7, 11) is 1.64. The zero-order chi connectivity index (χ0) is 11.5. The molecule has 84 valence electrons. The average molecular weight is 235 g/mol. The molecule has 0 aliphatic heterocycles. The molecule has 0 bridgehead atoms. The van der Waals surface area contributed by atoms with Gasteiger partial charge in [-0.25, -0.2) is 4.98 Å². The van der Waals surface area contributed by atoms with Gasteiger partial charge in [0.1, 0.15) is 5.75 Å². The van der Waals surface area contributed by atoms with Crippen molar-refractivity contribution in [2.24, 2.45) is 0 Å². The highest BCUT2D eigenvalue weighted by Crippen LogP contribution is 2.31. The molecular formula is C12H13NO2S. The molecule has 1 aromatic heterocycles. The van der Waals surface area contributed by atoms with E-state index in [0.29, 0.717) is 0 Å². The van der Waals surface area contributed by atoms with E-state index in [9.17, 15) is 5.11 Å². The fourth-order valence-corrected chi connectivity index (χ4v) is 2.48. The topological polar surface area (TPSA) is 42.4 Å². The summed E-state index contributed by atoms with van der Waals surface area (Å²) in [6.07, 6.45) is 0. The third kappa shape index (κ3) is 2.08. The van der Waals surface area contributed by atoms with Crippen LogP contribution in [0.15, 0.2) is 24.3 Å². The summed E-state index contributed by atoms with van der Waals surface area (Å²) >= 11 is 1.59. The molecule has 1 heterocycles. The van der Waals surface area contributed by atoms with E-state index in [-0.39, 0.29) is 6.61 Å². The highest BCUT2D eigenvalue weighted by Gasteiger charge is 2.10. The summed E-state index contributed by atoms with van der Waals surface area (Å²) in [5.41, 5.74) is 1.81. The van der Waals surface area contributed by atoms with Gasteiger partial charge in [0.2, 0.25) is 0 Å². The Labute approximate surface area is 98.4 Å². The van der Waals surface area contributed by atoms with Crippen LogP contribution in [0.25, 0.3) is 10.4 Å². The lowest BCUT2D eigenvalue weighted by atomic mass is 10.1. The number of thiazole rings is 1. The van der Waals surface area contributed by atoms with Crippen molar-refractivity contribution in [2.45, 2.75) is 13.5 Å². The molecule has 0 atom stereocenters. The Balaban J connectivity index is 2.41. The normalized spacial score (nSPS) is 10.4. The summed E-state index contributed by atoms with van der Waals surface area (Å²) < 4.78 is 5.11. The van der Waals surface area contributed by atoms with Crippen LogP contribution in [-0.2, 0) is 6.61 Å². The zero-order valence-electron chi connectivity index (χ0n) is 9.23. The maximum atomic E-state index is 9.21. The fourth-order valence-electron chi connectivity index (χ4n) is 1.55. The standard InChI is InChI=1S/C12H13NO2S/c1-8-13-11(7-14)12(16-8)9-3-5-10(15-2)6-4-9/h3-6,14H,7H2,1-2H3. The maximum Gasteiger partial charge on any atom is 0.118 e. The van der Waals surface area contributed by atoms with Crippen molar-refractivity contribution in [2.75, 3.05) is 7.11 Å². The summed E-state index contributed by atoms with van der Waals surface area (Å²) in [4.78, 5) is 5.32. The number of hydrogen-bond donors (Lipinski definition) is 1. The van der Waals surface area contributed by atoms with Crippen LogP contribution in [0.4, 0.5) is 0 Å². The van der Waals surface area contributed by atoms with Crippen molar-refractivity contribution < 1.29 is 9.84 Å². The molecule has 0 fully saturated rings. The highest BCUT2D eigenvalue weighted by atomic mass is 32.1. The minimum atomic E-state index is -0.0221. The van der Waals surface area contributed by atoms with Crippen LogP contribution in [-0.4, -0.2) is 17.2 Å². The molecule has 0 amide bonds. The molecule has 4 heteroatoms. The predicted molar refractivity (Wildman–Crippen MR) is 64.8 cm³/mol. The Hall–Kier alpha value is -1.39. The van der Waals surface area contributed by atoms with Gasteiger partial charge in [-0.15, -0.1) is 11.3 Å². The second kappa shape index (κ2) is 4.63. The molecule has 1 aromatic carbocycles. The Kier molecular flexibility index (Phi) is 3.22. The Morgan fingerprint density at radius 2 is 2.00 bits per heavy atom. The number of benzene rings is 1. The molecule has 0 saturated carbocycles. The van der Waals surface area contributed by atoms with Crippen LogP contribution < -0.4 is 4.74 Å². The molecule has 0 unspecified atom stereocenters. The van der Waals surface area contributed by atoms with Gasteiger partial charge in [-0.2, -0.15) is 0 Å². The molecule has 0 aliphatic rings. The van der Waals surface area contributed by atoms with Gasteiger partial charge in [0, 0.05) is 0 Å². The molecule has 0 radical (unpaired) electrons. The summed E-state index contributed by atoms with van der Waals surface area (Å²) in [6, 6.07) is 7.77. The summed E-state index contributed by atoms with van der Waals surface area (Å²) in [6.45, 7) is 1.92. The molecule has 3 nitrogen and oxygen atoms in total. The van der Waals surface area contributed by atoms with E-state index in [2.05, 4.69) is 4.98 Å². The number of methoxy groups -OCH3 is 1. The molecule has 0 aliphatic carbocycles. The van der Waals surface area contributed by atoms with Gasteiger partial charge in [0.05, 0.1) is 29.3 Å². The van der Waals surface area contributed by atoms with Crippen LogP contribution >= 0.6 is 11.3 Å². The van der Waals surface area contributed by atoms with Crippen molar-refractivity contribution in [3.8, 4) is 16.2 Å². The van der Waals surface area contributed by atoms with Crippen LogP contribution in [0, 0.1) is 6.92 Å². The van der Waals surface area contributed by atoms with E-state index >= 15 is 0 Å². The first-order chi connectivity index (χ1) is 7.74. The second-order valence-corrected chi connectivity index (χ2v) is 4.60. The lowest BCUT2D eigenvalue weighted by molar-refractivity contribution is 0.278. The molecule has 0 spiro atoms. The van der Waals surface area contributed by atoms with Crippen LogP contribution in [0.3, 0.4) is 0 Å². The van der Waals surface area contributed by atoms with Gasteiger partial charge in [0.15, 0.2) is 0 Å². The molecule has 1 N–H and O–H groups in total. The van der Waals surface area contributed by atoms with Gasteiger partial charge in [-0.1, -0.05) is 0 Å².